The van der Waals surface area contributed by atoms with Crippen LogP contribution >= 0.6 is 23.4 Å². The molecule has 2 amide bonds. The van der Waals surface area contributed by atoms with Crippen LogP contribution in [0.1, 0.15) is 5.56 Å². The molecule has 0 bridgehead atoms. The van der Waals surface area contributed by atoms with E-state index in [-0.39, 0.29) is 5.70 Å². The summed E-state index contributed by atoms with van der Waals surface area (Å²) in [6, 6.07) is 21.7. The van der Waals surface area contributed by atoms with Crippen molar-refractivity contribution in [2.24, 2.45) is 0 Å². The number of benzene rings is 3. The molecule has 3 aromatic carbocycles. The Hall–Kier alpha value is -3.22. The highest BCUT2D eigenvalue weighted by Gasteiger charge is 2.40. The number of methoxy groups -OCH3 is 1. The summed E-state index contributed by atoms with van der Waals surface area (Å²) in [5.41, 5.74) is 2.39. The van der Waals surface area contributed by atoms with Crippen molar-refractivity contribution in [2.45, 2.75) is 11.8 Å². The van der Waals surface area contributed by atoms with Gasteiger partial charge in [-0.2, -0.15) is 0 Å². The van der Waals surface area contributed by atoms with Crippen molar-refractivity contribution in [3.63, 3.8) is 0 Å². The molecule has 1 aliphatic heterocycles. The molecule has 0 saturated heterocycles. The van der Waals surface area contributed by atoms with E-state index in [1.807, 2.05) is 43.3 Å². The number of carbonyl (C=O) groups excluding carboxylic acids is 2. The van der Waals surface area contributed by atoms with Gasteiger partial charge in [-0.1, -0.05) is 53.2 Å². The number of nitrogens with one attached hydrogen (secondary N) is 1. The highest BCUT2D eigenvalue weighted by molar-refractivity contribution is 8.04. The van der Waals surface area contributed by atoms with Gasteiger partial charge in [0, 0.05) is 21.7 Å². The second kappa shape index (κ2) is 8.88. The molecule has 0 aliphatic carbocycles. The number of rotatable bonds is 6. The van der Waals surface area contributed by atoms with Crippen molar-refractivity contribution in [1.82, 2.24) is 0 Å². The number of hydrogen-bond donors (Lipinski definition) is 1. The molecule has 0 spiro atoms. The first-order valence-electron chi connectivity index (χ1n) is 9.50. The second-order valence-corrected chi connectivity index (χ2v) is 8.42. The second-order valence-electron chi connectivity index (χ2n) is 6.90. The standard InChI is InChI=1S/C24H19ClN2O3S/c1-15-9-11-20(12-10-15)31-22-21(26-17-6-4-8-19(14-17)30-2)23(28)27(24(22)29)18-7-3-5-16(25)13-18/h3-14,26H,1-2H3. The fourth-order valence-electron chi connectivity index (χ4n) is 3.13. The minimum atomic E-state index is -0.440. The maximum absolute atomic E-state index is 13.3. The van der Waals surface area contributed by atoms with E-state index in [2.05, 4.69) is 5.32 Å². The van der Waals surface area contributed by atoms with Gasteiger partial charge in [0.05, 0.1) is 12.8 Å². The van der Waals surface area contributed by atoms with E-state index in [1.54, 1.807) is 43.5 Å². The van der Waals surface area contributed by atoms with Crippen molar-refractivity contribution < 1.29 is 14.3 Å². The summed E-state index contributed by atoms with van der Waals surface area (Å²) in [6.45, 7) is 1.99. The molecule has 0 fully saturated rings. The maximum Gasteiger partial charge on any atom is 0.283 e. The largest absolute Gasteiger partial charge is 0.497 e. The molecule has 1 heterocycles. The first-order chi connectivity index (χ1) is 15.0. The van der Waals surface area contributed by atoms with Crippen LogP contribution < -0.4 is 15.0 Å². The predicted octanol–water partition coefficient (Wildman–Crippen LogP) is 5.65. The molecule has 0 radical (unpaired) electrons. The van der Waals surface area contributed by atoms with Crippen molar-refractivity contribution in [3.05, 3.63) is 94.0 Å². The number of halogens is 1. The Morgan fingerprint density at radius 1 is 0.935 bits per heavy atom. The Balaban J connectivity index is 1.75. The lowest BCUT2D eigenvalue weighted by molar-refractivity contribution is -0.120. The van der Waals surface area contributed by atoms with E-state index in [1.165, 1.54) is 11.8 Å². The van der Waals surface area contributed by atoms with E-state index >= 15 is 0 Å². The number of aryl methyl sites for hydroxylation is 1. The van der Waals surface area contributed by atoms with Crippen LogP contribution in [0.2, 0.25) is 5.02 Å². The maximum atomic E-state index is 13.3. The van der Waals surface area contributed by atoms with Crippen LogP contribution in [-0.2, 0) is 9.59 Å². The number of ether oxygens (including phenoxy) is 1. The lowest BCUT2D eigenvalue weighted by Crippen LogP contribution is -2.32. The van der Waals surface area contributed by atoms with Crippen LogP contribution in [0.15, 0.2) is 88.3 Å². The number of amides is 2. The Bertz CT molecular complexity index is 1190. The Morgan fingerprint density at radius 3 is 2.39 bits per heavy atom. The highest BCUT2D eigenvalue weighted by atomic mass is 35.5. The fraction of sp³-hybridized carbons (Fsp3) is 0.0833. The van der Waals surface area contributed by atoms with Gasteiger partial charge in [0.25, 0.3) is 11.8 Å². The average Bonchev–Trinajstić information content (AvgIpc) is 2.99. The van der Waals surface area contributed by atoms with Crippen LogP contribution in [0, 0.1) is 6.92 Å². The number of anilines is 2. The van der Waals surface area contributed by atoms with Gasteiger partial charge in [-0.05, 0) is 49.4 Å². The van der Waals surface area contributed by atoms with E-state index in [9.17, 15) is 9.59 Å². The predicted molar refractivity (Wildman–Crippen MR) is 125 cm³/mol. The van der Waals surface area contributed by atoms with Gasteiger partial charge < -0.3 is 10.1 Å². The minimum Gasteiger partial charge on any atom is -0.497 e. The third-order valence-electron chi connectivity index (χ3n) is 4.69. The zero-order valence-electron chi connectivity index (χ0n) is 16.9. The lowest BCUT2D eigenvalue weighted by atomic mass is 10.2. The molecule has 31 heavy (non-hydrogen) atoms. The smallest absolute Gasteiger partial charge is 0.283 e. The van der Waals surface area contributed by atoms with Gasteiger partial charge in [-0.3, -0.25) is 9.59 Å². The SMILES string of the molecule is COc1cccc(NC2=C(Sc3ccc(C)cc3)C(=O)N(c3cccc(Cl)c3)C2=O)c1. The van der Waals surface area contributed by atoms with E-state index < -0.39 is 11.8 Å². The highest BCUT2D eigenvalue weighted by Crippen LogP contribution is 2.38. The zero-order chi connectivity index (χ0) is 22.0. The first kappa shape index (κ1) is 21.0. The lowest BCUT2D eigenvalue weighted by Gasteiger charge is -2.15. The summed E-state index contributed by atoms with van der Waals surface area (Å²) >= 11 is 7.35. The number of carbonyl (C=O) groups is 2. The van der Waals surface area contributed by atoms with Gasteiger partial charge in [0.1, 0.15) is 16.4 Å². The van der Waals surface area contributed by atoms with Crippen molar-refractivity contribution >= 4 is 46.6 Å². The fourth-order valence-corrected chi connectivity index (χ4v) is 4.24. The Kier molecular flexibility index (Phi) is 6.02. The van der Waals surface area contributed by atoms with Crippen LogP contribution in [0.5, 0.6) is 5.75 Å². The van der Waals surface area contributed by atoms with Crippen molar-refractivity contribution in [1.29, 1.82) is 0 Å². The zero-order valence-corrected chi connectivity index (χ0v) is 18.5. The van der Waals surface area contributed by atoms with Crippen molar-refractivity contribution in [3.8, 4) is 5.75 Å². The number of nitrogens with zero attached hydrogens (tertiary/aromatic N) is 1. The molecule has 0 unspecified atom stereocenters. The quantitative estimate of drug-likeness (QED) is 0.492. The third-order valence-corrected chi connectivity index (χ3v) is 6.01. The topological polar surface area (TPSA) is 58.6 Å². The Labute approximate surface area is 189 Å². The molecular formula is C24H19ClN2O3S. The third kappa shape index (κ3) is 4.45. The molecule has 1 aliphatic rings. The normalized spacial score (nSPS) is 13.7. The molecule has 7 heteroatoms. The van der Waals surface area contributed by atoms with Gasteiger partial charge in [0.15, 0.2) is 0 Å². The Morgan fingerprint density at radius 2 is 1.68 bits per heavy atom. The minimum absolute atomic E-state index is 0.212. The summed E-state index contributed by atoms with van der Waals surface area (Å²) in [5, 5.41) is 3.57. The van der Waals surface area contributed by atoms with Gasteiger partial charge in [0.2, 0.25) is 0 Å². The summed E-state index contributed by atoms with van der Waals surface area (Å²) in [4.78, 5) is 29.0. The summed E-state index contributed by atoms with van der Waals surface area (Å²) < 4.78 is 5.27. The molecule has 156 valence electrons. The van der Waals surface area contributed by atoms with Crippen molar-refractivity contribution in [2.75, 3.05) is 17.3 Å². The molecule has 0 atom stereocenters. The average molecular weight is 451 g/mol. The van der Waals surface area contributed by atoms with E-state index in [0.29, 0.717) is 27.1 Å². The number of imide groups is 1. The number of hydrogen-bond acceptors (Lipinski definition) is 5. The summed E-state index contributed by atoms with van der Waals surface area (Å²) in [5.74, 6) is -0.199. The summed E-state index contributed by atoms with van der Waals surface area (Å²) in [6.07, 6.45) is 0. The molecule has 3 aromatic rings. The first-order valence-corrected chi connectivity index (χ1v) is 10.7. The molecular weight excluding hydrogens is 432 g/mol. The van der Waals surface area contributed by atoms with Crippen LogP contribution in [0.3, 0.4) is 0 Å². The molecule has 4 rings (SSSR count). The molecule has 0 saturated carbocycles. The molecule has 5 nitrogen and oxygen atoms in total. The number of thioether (sulfide) groups is 1. The van der Waals surface area contributed by atoms with Crippen LogP contribution in [-0.4, -0.2) is 18.9 Å². The van der Waals surface area contributed by atoms with E-state index in [0.717, 1.165) is 15.4 Å². The summed E-state index contributed by atoms with van der Waals surface area (Å²) in [7, 11) is 1.57. The molecule has 0 aromatic heterocycles. The van der Waals surface area contributed by atoms with E-state index in [4.69, 9.17) is 16.3 Å². The van der Waals surface area contributed by atoms with Gasteiger partial charge >= 0.3 is 0 Å². The monoisotopic (exact) mass is 450 g/mol. The van der Waals surface area contributed by atoms with Gasteiger partial charge in [-0.15, -0.1) is 0 Å². The van der Waals surface area contributed by atoms with Crippen LogP contribution in [0.25, 0.3) is 0 Å². The van der Waals surface area contributed by atoms with Gasteiger partial charge in [-0.25, -0.2) is 4.90 Å². The van der Waals surface area contributed by atoms with Crippen LogP contribution in [0.4, 0.5) is 11.4 Å². The molecule has 1 N–H and O–H groups in total.